The molecule has 3 rings (SSSR count). The molecule has 110 valence electrons. The van der Waals surface area contributed by atoms with Crippen LogP contribution in [0.4, 0.5) is 0 Å². The summed E-state index contributed by atoms with van der Waals surface area (Å²) < 4.78 is 0. The summed E-state index contributed by atoms with van der Waals surface area (Å²) in [5, 5.41) is 14.9. The third-order valence-electron chi connectivity index (χ3n) is 5.49. The summed E-state index contributed by atoms with van der Waals surface area (Å²) in [6, 6.07) is 11.1. The highest BCUT2D eigenvalue weighted by molar-refractivity contribution is 5.19. The van der Waals surface area contributed by atoms with E-state index in [9.17, 15) is 5.11 Å². The van der Waals surface area contributed by atoms with Crippen LogP contribution in [0.2, 0.25) is 0 Å². The molecule has 0 unspecified atom stereocenters. The van der Waals surface area contributed by atoms with Crippen molar-refractivity contribution in [3.63, 3.8) is 0 Å². The molecule has 0 aromatic heterocycles. The smallest absolute Gasteiger partial charge is 0.0828 e. The van der Waals surface area contributed by atoms with Gasteiger partial charge < -0.3 is 10.4 Å². The Bertz CT molecular complexity index is 430. The second kappa shape index (κ2) is 5.87. The van der Waals surface area contributed by atoms with Gasteiger partial charge in [-0.15, -0.1) is 0 Å². The fraction of sp³-hybridized carbons (Fsp3) is 0.667. The molecular weight excluding hydrogens is 246 g/mol. The Kier molecular flexibility index (Phi) is 4.13. The van der Waals surface area contributed by atoms with Crippen molar-refractivity contribution in [2.75, 3.05) is 0 Å². The zero-order valence-electron chi connectivity index (χ0n) is 12.5. The van der Waals surface area contributed by atoms with Crippen molar-refractivity contribution >= 4 is 0 Å². The molecule has 0 bridgehead atoms. The molecule has 2 heteroatoms. The maximum absolute atomic E-state index is 11.2. The molecule has 0 aliphatic heterocycles. The topological polar surface area (TPSA) is 32.3 Å². The van der Waals surface area contributed by atoms with Gasteiger partial charge in [0, 0.05) is 12.1 Å². The fourth-order valence-corrected chi connectivity index (χ4v) is 4.29. The molecule has 2 fully saturated rings. The first kappa shape index (κ1) is 14.1. The van der Waals surface area contributed by atoms with Gasteiger partial charge in [-0.1, -0.05) is 49.6 Å². The van der Waals surface area contributed by atoms with Crippen LogP contribution in [0.1, 0.15) is 63.5 Å². The monoisotopic (exact) mass is 273 g/mol. The highest BCUT2D eigenvalue weighted by Crippen LogP contribution is 2.44. The second-order valence-electron chi connectivity index (χ2n) is 6.72. The first-order valence-electron chi connectivity index (χ1n) is 8.23. The molecule has 1 aromatic carbocycles. The Balaban J connectivity index is 1.72. The quantitative estimate of drug-likeness (QED) is 0.877. The van der Waals surface area contributed by atoms with E-state index in [4.69, 9.17) is 0 Å². The molecule has 0 saturated heterocycles. The van der Waals surface area contributed by atoms with Gasteiger partial charge in [0.05, 0.1) is 5.60 Å². The van der Waals surface area contributed by atoms with E-state index in [1.165, 1.54) is 37.7 Å². The number of rotatable bonds is 3. The zero-order valence-corrected chi connectivity index (χ0v) is 12.5. The van der Waals surface area contributed by atoms with E-state index >= 15 is 0 Å². The Morgan fingerprint density at radius 1 is 1.10 bits per heavy atom. The normalized spacial score (nSPS) is 35.3. The molecule has 0 radical (unpaired) electrons. The summed E-state index contributed by atoms with van der Waals surface area (Å²) >= 11 is 0. The largest absolute Gasteiger partial charge is 0.388 e. The van der Waals surface area contributed by atoms with Crippen molar-refractivity contribution in [2.45, 2.75) is 69.6 Å². The highest BCUT2D eigenvalue weighted by Gasteiger charge is 2.47. The number of aliphatic hydroxyl groups is 1. The van der Waals surface area contributed by atoms with E-state index in [1.807, 2.05) is 0 Å². The molecule has 2 nitrogen and oxygen atoms in total. The standard InChI is InChI=1S/C18H27NO/c1-14(15-8-3-2-4-9-15)19-17-12-7-11-16-10-5-6-13-18(16,17)20/h2-4,8-9,14,16-17,19-20H,5-7,10-13H2,1H3/t14-,16-,17+,18+/m1/s1. The molecule has 2 saturated carbocycles. The Morgan fingerprint density at radius 3 is 2.65 bits per heavy atom. The number of fused-ring (bicyclic) bond motifs is 1. The minimum absolute atomic E-state index is 0.261. The molecular formula is C18H27NO. The van der Waals surface area contributed by atoms with Gasteiger partial charge in [-0.3, -0.25) is 0 Å². The lowest BCUT2D eigenvalue weighted by Crippen LogP contribution is -2.59. The predicted octanol–water partition coefficient (Wildman–Crippen LogP) is 3.81. The lowest BCUT2D eigenvalue weighted by Gasteiger charge is -2.50. The van der Waals surface area contributed by atoms with E-state index < -0.39 is 5.60 Å². The Labute approximate surface area is 122 Å². The number of hydrogen-bond acceptors (Lipinski definition) is 2. The molecule has 0 heterocycles. The van der Waals surface area contributed by atoms with Crippen LogP contribution in [0.5, 0.6) is 0 Å². The van der Waals surface area contributed by atoms with E-state index in [0.29, 0.717) is 12.0 Å². The summed E-state index contributed by atoms with van der Waals surface area (Å²) in [7, 11) is 0. The maximum atomic E-state index is 11.2. The van der Waals surface area contributed by atoms with E-state index in [1.54, 1.807) is 0 Å². The van der Waals surface area contributed by atoms with Gasteiger partial charge in [0.2, 0.25) is 0 Å². The molecule has 2 aliphatic carbocycles. The third kappa shape index (κ3) is 2.64. The lowest BCUT2D eigenvalue weighted by molar-refractivity contribution is -0.101. The Morgan fingerprint density at radius 2 is 1.85 bits per heavy atom. The van der Waals surface area contributed by atoms with Gasteiger partial charge in [0.1, 0.15) is 0 Å². The van der Waals surface area contributed by atoms with Crippen LogP contribution >= 0.6 is 0 Å². The van der Waals surface area contributed by atoms with Gasteiger partial charge in [-0.2, -0.15) is 0 Å². The fourth-order valence-electron chi connectivity index (χ4n) is 4.29. The molecule has 2 N–H and O–H groups in total. The minimum atomic E-state index is -0.459. The summed E-state index contributed by atoms with van der Waals surface area (Å²) in [6.45, 7) is 2.21. The first-order chi connectivity index (χ1) is 9.70. The molecule has 20 heavy (non-hydrogen) atoms. The third-order valence-corrected chi connectivity index (χ3v) is 5.49. The maximum Gasteiger partial charge on any atom is 0.0828 e. The zero-order chi connectivity index (χ0) is 14.0. The summed E-state index contributed by atoms with van der Waals surface area (Å²) in [5.74, 6) is 0.519. The van der Waals surface area contributed by atoms with Crippen LogP contribution < -0.4 is 5.32 Å². The summed E-state index contributed by atoms with van der Waals surface area (Å²) in [5.41, 5.74) is 0.855. The second-order valence-corrected chi connectivity index (χ2v) is 6.72. The van der Waals surface area contributed by atoms with Crippen LogP contribution in [0, 0.1) is 5.92 Å². The van der Waals surface area contributed by atoms with E-state index in [2.05, 4.69) is 42.6 Å². The number of benzene rings is 1. The lowest BCUT2D eigenvalue weighted by atomic mass is 9.64. The van der Waals surface area contributed by atoms with Crippen molar-refractivity contribution in [1.82, 2.24) is 5.32 Å². The SMILES string of the molecule is C[C@@H](N[C@H]1CCC[C@H]2CCCC[C@]21O)c1ccccc1. The predicted molar refractivity (Wildman–Crippen MR) is 82.5 cm³/mol. The Hall–Kier alpha value is -0.860. The average molecular weight is 273 g/mol. The van der Waals surface area contributed by atoms with E-state index in [-0.39, 0.29) is 6.04 Å². The van der Waals surface area contributed by atoms with Crippen molar-refractivity contribution in [3.05, 3.63) is 35.9 Å². The first-order valence-corrected chi connectivity index (χ1v) is 8.23. The minimum Gasteiger partial charge on any atom is -0.388 e. The van der Waals surface area contributed by atoms with Gasteiger partial charge in [-0.05, 0) is 44.1 Å². The highest BCUT2D eigenvalue weighted by atomic mass is 16.3. The average Bonchev–Trinajstić information content (AvgIpc) is 2.49. The van der Waals surface area contributed by atoms with Crippen molar-refractivity contribution in [3.8, 4) is 0 Å². The van der Waals surface area contributed by atoms with Crippen LogP contribution in [0.15, 0.2) is 30.3 Å². The van der Waals surface area contributed by atoms with Gasteiger partial charge in [-0.25, -0.2) is 0 Å². The van der Waals surface area contributed by atoms with Crippen LogP contribution in [0.25, 0.3) is 0 Å². The van der Waals surface area contributed by atoms with Crippen molar-refractivity contribution in [1.29, 1.82) is 0 Å². The summed E-state index contributed by atoms with van der Waals surface area (Å²) in [6.07, 6.45) is 8.27. The summed E-state index contributed by atoms with van der Waals surface area (Å²) in [4.78, 5) is 0. The number of nitrogens with one attached hydrogen (secondary N) is 1. The number of hydrogen-bond donors (Lipinski definition) is 2. The van der Waals surface area contributed by atoms with Gasteiger partial charge >= 0.3 is 0 Å². The molecule has 4 atom stereocenters. The van der Waals surface area contributed by atoms with E-state index in [0.717, 1.165) is 12.8 Å². The van der Waals surface area contributed by atoms with Gasteiger partial charge in [0.15, 0.2) is 0 Å². The van der Waals surface area contributed by atoms with Crippen LogP contribution in [-0.4, -0.2) is 16.7 Å². The van der Waals surface area contributed by atoms with Crippen LogP contribution in [0.3, 0.4) is 0 Å². The van der Waals surface area contributed by atoms with Crippen LogP contribution in [-0.2, 0) is 0 Å². The molecule has 0 amide bonds. The molecule has 0 spiro atoms. The van der Waals surface area contributed by atoms with Crippen molar-refractivity contribution < 1.29 is 5.11 Å². The van der Waals surface area contributed by atoms with Gasteiger partial charge in [0.25, 0.3) is 0 Å². The van der Waals surface area contributed by atoms with Crippen molar-refractivity contribution in [2.24, 2.45) is 5.92 Å². The molecule has 1 aromatic rings. The molecule has 2 aliphatic rings.